The second-order valence-corrected chi connectivity index (χ2v) is 13.8. The molecule has 2 aliphatic rings. The van der Waals surface area contributed by atoms with Gasteiger partial charge < -0.3 is 9.47 Å². The molecule has 0 radical (unpaired) electrons. The first-order valence-electron chi connectivity index (χ1n) is 17.9. The Morgan fingerprint density at radius 2 is 1.10 bits per heavy atom. The Kier molecular flexibility index (Phi) is 7.96. The monoisotopic (exact) mass is 636 g/mol. The fourth-order valence-electron chi connectivity index (χ4n) is 7.93. The van der Waals surface area contributed by atoms with Crippen molar-refractivity contribution in [1.29, 1.82) is 0 Å². The highest BCUT2D eigenvalue weighted by molar-refractivity contribution is 6.13. The zero-order chi connectivity index (χ0) is 33.5. The van der Waals surface area contributed by atoms with Gasteiger partial charge in [-0.1, -0.05) is 125 Å². The van der Waals surface area contributed by atoms with E-state index in [1.54, 1.807) is 0 Å². The highest BCUT2D eigenvalue weighted by atomic mass is 15.1. The molecular formula is C47H44N2. The van der Waals surface area contributed by atoms with Crippen LogP contribution in [-0.4, -0.2) is 11.1 Å². The Balaban J connectivity index is 0.00000171. The first kappa shape index (κ1) is 31.0. The van der Waals surface area contributed by atoms with E-state index in [9.17, 15) is 0 Å². The first-order valence-corrected chi connectivity index (χ1v) is 17.9. The molecule has 2 heterocycles. The molecular weight excluding hydrogens is 593 g/mol. The maximum Gasteiger partial charge on any atom is 0.0547 e. The van der Waals surface area contributed by atoms with Gasteiger partial charge in [-0.05, 0) is 112 Å². The van der Waals surface area contributed by atoms with Gasteiger partial charge in [-0.2, -0.15) is 0 Å². The summed E-state index contributed by atoms with van der Waals surface area (Å²) in [5.41, 5.74) is 13.4. The van der Waals surface area contributed by atoms with E-state index in [4.69, 9.17) is 0 Å². The molecule has 0 fully saturated rings. The molecule has 0 amide bonds. The number of rotatable bonds is 4. The molecule has 2 heteroatoms. The molecule has 9 rings (SSSR count). The third-order valence-corrected chi connectivity index (χ3v) is 10.6. The molecule has 7 aromatic rings. The van der Waals surface area contributed by atoms with Gasteiger partial charge in [-0.15, -0.1) is 0 Å². The smallest absolute Gasteiger partial charge is 0.0547 e. The average Bonchev–Trinajstić information content (AvgIpc) is 3.48. The number of hydrogen-bond donors (Lipinski definition) is 0. The molecule has 0 saturated heterocycles. The minimum Gasteiger partial charge on any atom is -0.341 e. The number of aromatic nitrogens is 1. The van der Waals surface area contributed by atoms with Crippen molar-refractivity contribution in [3.05, 3.63) is 162 Å². The van der Waals surface area contributed by atoms with Crippen LogP contribution in [0.5, 0.6) is 0 Å². The molecule has 49 heavy (non-hydrogen) atoms. The molecule has 0 unspecified atom stereocenters. The Morgan fingerprint density at radius 1 is 0.531 bits per heavy atom. The molecule has 1 aliphatic carbocycles. The summed E-state index contributed by atoms with van der Waals surface area (Å²) in [7, 11) is 0. The van der Waals surface area contributed by atoms with E-state index in [1.807, 2.05) is 13.8 Å². The van der Waals surface area contributed by atoms with Crippen LogP contribution in [-0.2, 0) is 5.41 Å². The van der Waals surface area contributed by atoms with Gasteiger partial charge in [-0.25, -0.2) is 0 Å². The number of para-hydroxylation sites is 2. The van der Waals surface area contributed by atoms with Gasteiger partial charge in [-0.3, -0.25) is 0 Å². The van der Waals surface area contributed by atoms with Crippen LogP contribution in [0.3, 0.4) is 0 Å². The minimum absolute atomic E-state index is 0.213. The van der Waals surface area contributed by atoms with E-state index in [2.05, 4.69) is 169 Å². The van der Waals surface area contributed by atoms with E-state index in [-0.39, 0.29) is 5.41 Å². The highest BCUT2D eigenvalue weighted by Gasteiger charge is 2.31. The molecule has 0 saturated carbocycles. The van der Waals surface area contributed by atoms with Gasteiger partial charge in [0.15, 0.2) is 0 Å². The van der Waals surface area contributed by atoms with Gasteiger partial charge in [0.25, 0.3) is 0 Å². The average molecular weight is 637 g/mol. The van der Waals surface area contributed by atoms with Gasteiger partial charge in [0, 0.05) is 34.4 Å². The van der Waals surface area contributed by atoms with Crippen molar-refractivity contribution in [3.63, 3.8) is 0 Å². The number of allylic oxidation sites excluding steroid dienone is 4. The fraction of sp³-hybridized carbons (Fsp3) is 0.191. The number of benzene rings is 6. The van der Waals surface area contributed by atoms with Crippen molar-refractivity contribution in [3.8, 4) is 5.69 Å². The lowest BCUT2D eigenvalue weighted by Gasteiger charge is -2.40. The minimum atomic E-state index is 0.213. The second kappa shape index (κ2) is 12.6. The summed E-state index contributed by atoms with van der Waals surface area (Å²) >= 11 is 0. The van der Waals surface area contributed by atoms with Crippen molar-refractivity contribution in [2.24, 2.45) is 0 Å². The third kappa shape index (κ3) is 5.46. The topological polar surface area (TPSA) is 8.17 Å². The Bertz CT molecular complexity index is 2360. The van der Waals surface area contributed by atoms with Crippen molar-refractivity contribution >= 4 is 55.1 Å². The molecule has 0 spiro atoms. The number of hydrogen-bond acceptors (Lipinski definition) is 1. The van der Waals surface area contributed by atoms with Crippen LogP contribution in [0.4, 0.5) is 11.4 Å². The van der Waals surface area contributed by atoms with Gasteiger partial charge >= 0.3 is 0 Å². The molecule has 0 bridgehead atoms. The maximum atomic E-state index is 2.49. The summed E-state index contributed by atoms with van der Waals surface area (Å²) in [5, 5.41) is 5.14. The van der Waals surface area contributed by atoms with E-state index >= 15 is 0 Å². The fourth-order valence-corrected chi connectivity index (χ4v) is 7.93. The molecule has 242 valence electrons. The SMILES string of the molecule is CC.CC1(C)CCN(c2ccc(C3=CC=C(c4ccc(-n5c6ccccc6c6cc7ccccc7cc65)cc4)CC3)cc2)c2ccccc21. The predicted octanol–water partition coefficient (Wildman–Crippen LogP) is 13.0. The molecule has 1 aliphatic heterocycles. The van der Waals surface area contributed by atoms with E-state index in [0.29, 0.717) is 0 Å². The lowest BCUT2D eigenvalue weighted by Crippen LogP contribution is -2.34. The van der Waals surface area contributed by atoms with E-state index in [0.717, 1.165) is 25.8 Å². The molecule has 0 N–H and O–H groups in total. The summed E-state index contributed by atoms with van der Waals surface area (Å²) in [5.74, 6) is 0. The maximum absolute atomic E-state index is 2.49. The molecule has 1 aromatic heterocycles. The molecule has 0 atom stereocenters. The Morgan fingerprint density at radius 3 is 1.78 bits per heavy atom. The summed E-state index contributed by atoms with van der Waals surface area (Å²) in [6.45, 7) is 9.78. The van der Waals surface area contributed by atoms with Crippen molar-refractivity contribution < 1.29 is 0 Å². The van der Waals surface area contributed by atoms with Crippen LogP contribution in [0.2, 0.25) is 0 Å². The molecule has 6 aromatic carbocycles. The largest absolute Gasteiger partial charge is 0.341 e. The number of nitrogens with zero attached hydrogens (tertiary/aromatic N) is 2. The van der Waals surface area contributed by atoms with Crippen molar-refractivity contribution in [2.75, 3.05) is 11.4 Å². The van der Waals surface area contributed by atoms with Crippen molar-refractivity contribution in [1.82, 2.24) is 4.57 Å². The van der Waals surface area contributed by atoms with Gasteiger partial charge in [0.2, 0.25) is 0 Å². The summed E-state index contributed by atoms with van der Waals surface area (Å²) in [6.07, 6.45) is 7.91. The zero-order valence-corrected chi connectivity index (χ0v) is 29.1. The first-order chi connectivity index (χ1) is 24.0. The standard InChI is InChI=1S/C45H38N2.C2H6/c1-45(2)27-28-46(43-14-8-6-12-41(43)45)37-23-19-33(20-24-37)31-15-17-32(18-16-31)34-21-25-38(26-22-34)47-42-13-7-5-11-39(42)40-29-35-9-3-4-10-36(35)30-44(40)47;1-2/h3-15,17,19-26,29-30H,16,18,27-28H2,1-2H3;1-2H3. The van der Waals surface area contributed by atoms with Crippen LogP contribution < -0.4 is 4.90 Å². The quantitative estimate of drug-likeness (QED) is 0.187. The zero-order valence-electron chi connectivity index (χ0n) is 29.1. The second-order valence-electron chi connectivity index (χ2n) is 13.8. The molecule has 2 nitrogen and oxygen atoms in total. The summed E-state index contributed by atoms with van der Waals surface area (Å²) < 4.78 is 2.42. The van der Waals surface area contributed by atoms with Gasteiger partial charge in [0.1, 0.15) is 0 Å². The summed E-state index contributed by atoms with van der Waals surface area (Å²) in [4.78, 5) is 2.49. The van der Waals surface area contributed by atoms with Crippen LogP contribution in [0.15, 0.2) is 146 Å². The third-order valence-electron chi connectivity index (χ3n) is 10.6. The van der Waals surface area contributed by atoms with E-state index in [1.165, 1.54) is 77.5 Å². The predicted molar refractivity (Wildman–Crippen MR) is 212 cm³/mol. The van der Waals surface area contributed by atoms with Crippen LogP contribution in [0.1, 0.15) is 63.6 Å². The van der Waals surface area contributed by atoms with E-state index < -0.39 is 0 Å². The Labute approximate surface area is 290 Å². The van der Waals surface area contributed by atoms with Gasteiger partial charge in [0.05, 0.1) is 11.0 Å². The highest BCUT2D eigenvalue weighted by Crippen LogP contribution is 2.43. The number of anilines is 2. The van der Waals surface area contributed by atoms with Crippen molar-refractivity contribution in [2.45, 2.75) is 52.4 Å². The Hall–Kier alpha value is -5.34. The van der Waals surface area contributed by atoms with Crippen LogP contribution in [0, 0.1) is 0 Å². The number of fused-ring (bicyclic) bond motifs is 5. The normalized spacial score (nSPS) is 15.4. The lowest BCUT2D eigenvalue weighted by molar-refractivity contribution is 0.467. The van der Waals surface area contributed by atoms with Crippen LogP contribution >= 0.6 is 0 Å². The summed E-state index contributed by atoms with van der Waals surface area (Å²) in [6, 6.07) is 49.4. The van der Waals surface area contributed by atoms with Crippen LogP contribution in [0.25, 0.3) is 49.4 Å². The lowest BCUT2D eigenvalue weighted by atomic mass is 9.77.